The van der Waals surface area contributed by atoms with E-state index >= 15 is 0 Å². The van der Waals surface area contributed by atoms with Gasteiger partial charge in [0.1, 0.15) is 0 Å². The normalized spacial score (nSPS) is 12.6. The highest BCUT2D eigenvalue weighted by Crippen LogP contribution is 2.43. The molecule has 0 amide bonds. The van der Waals surface area contributed by atoms with Crippen LogP contribution in [0.1, 0.15) is 5.56 Å². The Morgan fingerprint density at radius 3 is 1.75 bits per heavy atom. The van der Waals surface area contributed by atoms with E-state index in [-0.39, 0.29) is 0 Å². The first-order valence-electron chi connectivity index (χ1n) is 3.86. The lowest BCUT2D eigenvalue weighted by Gasteiger charge is -2.19. The minimum Gasteiger partial charge on any atom is -0.258 e. The van der Waals surface area contributed by atoms with E-state index in [1.54, 1.807) is 0 Å². The molecule has 0 heterocycles. The number of rotatable bonds is 2. The minimum absolute atomic E-state index is 0.381. The zero-order valence-electron chi connectivity index (χ0n) is 7.46. The summed E-state index contributed by atoms with van der Waals surface area (Å²) < 4.78 is 61.1. The molecule has 16 heavy (non-hydrogen) atoms. The summed E-state index contributed by atoms with van der Waals surface area (Å²) in [5.74, 6) is -5.01. The molecule has 88 valence electrons. The molecule has 0 aliphatic carbocycles. The van der Waals surface area contributed by atoms with Gasteiger partial charge in [0, 0.05) is 17.7 Å². The van der Waals surface area contributed by atoms with Gasteiger partial charge >= 0.3 is 12.1 Å². The summed E-state index contributed by atoms with van der Waals surface area (Å²) in [4.78, 5) is 9.26. The van der Waals surface area contributed by atoms with Gasteiger partial charge in [0.05, 0.1) is 4.92 Å². The van der Waals surface area contributed by atoms with Crippen LogP contribution < -0.4 is 0 Å². The number of halogens is 5. The fourth-order valence-electron chi connectivity index (χ4n) is 0.956. The third-order valence-corrected chi connectivity index (χ3v) is 1.80. The number of nitrogens with zero attached hydrogens (tertiary/aromatic N) is 1. The maximum atomic E-state index is 12.7. The summed E-state index contributed by atoms with van der Waals surface area (Å²) in [6, 6.07) is 1.95. The fourth-order valence-corrected chi connectivity index (χ4v) is 0.956. The van der Waals surface area contributed by atoms with Crippen molar-refractivity contribution >= 4 is 5.69 Å². The van der Waals surface area contributed by atoms with E-state index in [1.807, 2.05) is 0 Å². The predicted molar refractivity (Wildman–Crippen MR) is 43.0 cm³/mol. The van der Waals surface area contributed by atoms with Crippen LogP contribution in [-0.2, 0) is 5.92 Å². The molecule has 0 N–H and O–H groups in total. The van der Waals surface area contributed by atoms with Crippen molar-refractivity contribution in [3.63, 3.8) is 0 Å². The average Bonchev–Trinajstić information content (AvgIpc) is 2.16. The summed E-state index contributed by atoms with van der Waals surface area (Å²) in [5, 5.41) is 10.2. The Kier molecular flexibility index (Phi) is 2.85. The maximum absolute atomic E-state index is 12.7. The molecule has 0 atom stereocenters. The van der Waals surface area contributed by atoms with Gasteiger partial charge in [-0.2, -0.15) is 22.0 Å². The van der Waals surface area contributed by atoms with Crippen LogP contribution in [0.15, 0.2) is 24.3 Å². The summed E-state index contributed by atoms with van der Waals surface area (Å²) in [6.07, 6.45) is -5.72. The van der Waals surface area contributed by atoms with Crippen LogP contribution in [0, 0.1) is 10.1 Å². The van der Waals surface area contributed by atoms with Gasteiger partial charge in [-0.3, -0.25) is 10.1 Å². The largest absolute Gasteiger partial charge is 0.458 e. The predicted octanol–water partition coefficient (Wildman–Crippen LogP) is 3.25. The summed E-state index contributed by atoms with van der Waals surface area (Å²) in [5.41, 5.74) is -1.88. The van der Waals surface area contributed by atoms with Crippen LogP contribution in [0.25, 0.3) is 0 Å². The third kappa shape index (κ3) is 2.10. The van der Waals surface area contributed by atoms with Gasteiger partial charge in [0.25, 0.3) is 5.69 Å². The third-order valence-electron chi connectivity index (χ3n) is 1.80. The maximum Gasteiger partial charge on any atom is 0.458 e. The zero-order chi connectivity index (χ0) is 12.6. The minimum atomic E-state index is -5.72. The lowest BCUT2D eigenvalue weighted by atomic mass is 10.1. The van der Waals surface area contributed by atoms with Gasteiger partial charge in [0.2, 0.25) is 0 Å². The molecule has 0 aliphatic heterocycles. The molecule has 3 nitrogen and oxygen atoms in total. The number of hydrogen-bond acceptors (Lipinski definition) is 2. The Bertz CT molecular complexity index is 398. The molecular weight excluding hydrogens is 237 g/mol. The molecule has 0 spiro atoms. The van der Waals surface area contributed by atoms with Crippen molar-refractivity contribution in [3.8, 4) is 0 Å². The number of alkyl halides is 5. The summed E-state index contributed by atoms with van der Waals surface area (Å²) in [6.45, 7) is 0. The SMILES string of the molecule is O=[N+]([O-])c1ccc(C(F)(F)C(F)(F)F)cc1. The summed E-state index contributed by atoms with van der Waals surface area (Å²) in [7, 11) is 0. The lowest BCUT2D eigenvalue weighted by molar-refractivity contribution is -0.385. The Hall–Kier alpha value is -1.73. The molecule has 0 aromatic heterocycles. The Balaban J connectivity index is 3.11. The van der Waals surface area contributed by atoms with Gasteiger partial charge in [-0.25, -0.2) is 0 Å². The van der Waals surface area contributed by atoms with Crippen molar-refractivity contribution in [2.45, 2.75) is 12.1 Å². The van der Waals surface area contributed by atoms with Crippen molar-refractivity contribution in [1.82, 2.24) is 0 Å². The van der Waals surface area contributed by atoms with Crippen molar-refractivity contribution in [2.24, 2.45) is 0 Å². The second kappa shape index (κ2) is 3.69. The van der Waals surface area contributed by atoms with Crippen LogP contribution in [0.3, 0.4) is 0 Å². The van der Waals surface area contributed by atoms with Crippen molar-refractivity contribution in [1.29, 1.82) is 0 Å². The van der Waals surface area contributed by atoms with E-state index in [0.29, 0.717) is 24.3 Å². The molecule has 0 saturated heterocycles. The second-order valence-corrected chi connectivity index (χ2v) is 2.88. The quantitative estimate of drug-likeness (QED) is 0.453. The molecule has 8 heteroatoms. The van der Waals surface area contributed by atoms with Crippen LogP contribution >= 0.6 is 0 Å². The molecule has 1 aromatic rings. The number of nitro groups is 1. The van der Waals surface area contributed by atoms with Crippen LogP contribution in [0.4, 0.5) is 27.6 Å². The van der Waals surface area contributed by atoms with Crippen molar-refractivity contribution in [3.05, 3.63) is 39.9 Å². The van der Waals surface area contributed by atoms with Gasteiger partial charge in [-0.1, -0.05) is 0 Å². The van der Waals surface area contributed by atoms with E-state index in [9.17, 15) is 32.1 Å². The van der Waals surface area contributed by atoms with E-state index in [0.717, 1.165) is 0 Å². The monoisotopic (exact) mass is 241 g/mol. The lowest BCUT2D eigenvalue weighted by Crippen LogP contribution is -2.33. The number of nitro benzene ring substituents is 1. The van der Waals surface area contributed by atoms with Crippen LogP contribution in [0.5, 0.6) is 0 Å². The Morgan fingerprint density at radius 2 is 1.44 bits per heavy atom. The van der Waals surface area contributed by atoms with E-state index < -0.39 is 28.3 Å². The van der Waals surface area contributed by atoms with Gasteiger partial charge in [0.15, 0.2) is 0 Å². The highest BCUT2D eigenvalue weighted by atomic mass is 19.4. The summed E-state index contributed by atoms with van der Waals surface area (Å²) >= 11 is 0. The topological polar surface area (TPSA) is 43.1 Å². The molecular formula is C8H4F5NO2. The van der Waals surface area contributed by atoms with Crippen LogP contribution in [0.2, 0.25) is 0 Å². The van der Waals surface area contributed by atoms with Gasteiger partial charge in [-0.05, 0) is 12.1 Å². The molecule has 0 fully saturated rings. The van der Waals surface area contributed by atoms with Gasteiger partial charge in [-0.15, -0.1) is 0 Å². The molecule has 0 bridgehead atoms. The molecule has 1 aromatic carbocycles. The first-order valence-corrected chi connectivity index (χ1v) is 3.86. The van der Waals surface area contributed by atoms with E-state index in [4.69, 9.17) is 0 Å². The highest BCUT2D eigenvalue weighted by molar-refractivity contribution is 5.35. The highest BCUT2D eigenvalue weighted by Gasteiger charge is 2.58. The molecule has 0 unspecified atom stereocenters. The second-order valence-electron chi connectivity index (χ2n) is 2.88. The van der Waals surface area contributed by atoms with E-state index in [2.05, 4.69) is 0 Å². The fraction of sp³-hybridized carbons (Fsp3) is 0.250. The van der Waals surface area contributed by atoms with Crippen molar-refractivity contribution in [2.75, 3.05) is 0 Å². The first-order chi connectivity index (χ1) is 7.16. The zero-order valence-corrected chi connectivity index (χ0v) is 7.46. The average molecular weight is 241 g/mol. The molecule has 0 radical (unpaired) electrons. The van der Waals surface area contributed by atoms with Gasteiger partial charge < -0.3 is 0 Å². The Morgan fingerprint density at radius 1 is 1.00 bits per heavy atom. The smallest absolute Gasteiger partial charge is 0.258 e. The van der Waals surface area contributed by atoms with Crippen molar-refractivity contribution < 1.29 is 26.9 Å². The number of benzene rings is 1. The number of non-ortho nitro benzene ring substituents is 1. The first kappa shape index (κ1) is 12.3. The standard InChI is InChI=1S/C8H4F5NO2/c9-7(10,8(11,12)13)5-1-3-6(4-2-5)14(15)16/h1-4H. The molecule has 0 saturated carbocycles. The van der Waals surface area contributed by atoms with Crippen LogP contribution in [-0.4, -0.2) is 11.1 Å². The Labute approximate surface area is 85.6 Å². The molecule has 1 rings (SSSR count). The molecule has 0 aliphatic rings. The van der Waals surface area contributed by atoms with E-state index in [1.165, 1.54) is 0 Å². The number of hydrogen-bond donors (Lipinski definition) is 0.